The maximum Gasteiger partial charge on any atom is 0.225 e. The molecule has 0 aliphatic heterocycles. The quantitative estimate of drug-likeness (QED) is 0.661. The summed E-state index contributed by atoms with van der Waals surface area (Å²) in [6, 6.07) is 0. The predicted octanol–water partition coefficient (Wildman–Crippen LogP) is 3.07. The molecule has 1 aliphatic carbocycles. The number of hydrogen-bond acceptors (Lipinski definition) is 1. The largest absolute Gasteiger partial charge is 0.342 e. The Hall–Kier alpha value is -0.530. The molecular weight excluding hydrogens is 186 g/mol. The number of nitrogens with zero attached hydrogens (tertiary/aromatic N) is 1. The third kappa shape index (κ3) is 3.22. The van der Waals surface area contributed by atoms with E-state index in [2.05, 4.69) is 25.7 Å². The fourth-order valence-electron chi connectivity index (χ4n) is 2.15. The molecule has 1 amide bonds. The summed E-state index contributed by atoms with van der Waals surface area (Å²) < 4.78 is 0. The highest BCUT2D eigenvalue weighted by atomic mass is 16.2. The maximum atomic E-state index is 12.0. The zero-order chi connectivity index (χ0) is 11.3. The molecule has 1 saturated carbocycles. The van der Waals surface area contributed by atoms with Gasteiger partial charge in [-0.1, -0.05) is 33.1 Å². The molecule has 88 valence electrons. The molecular formula is C13H25NO. The Morgan fingerprint density at radius 3 is 2.20 bits per heavy atom. The van der Waals surface area contributed by atoms with Gasteiger partial charge in [0.25, 0.3) is 0 Å². The first-order valence-corrected chi connectivity index (χ1v) is 6.51. The van der Waals surface area contributed by atoms with Gasteiger partial charge in [-0.05, 0) is 25.7 Å². The van der Waals surface area contributed by atoms with Gasteiger partial charge in [-0.25, -0.2) is 0 Å². The molecule has 1 aliphatic rings. The Labute approximate surface area is 94.0 Å². The number of rotatable bonds is 6. The van der Waals surface area contributed by atoms with Crippen LogP contribution in [0.3, 0.4) is 0 Å². The minimum absolute atomic E-state index is 0.360. The molecule has 15 heavy (non-hydrogen) atoms. The topological polar surface area (TPSA) is 20.3 Å². The van der Waals surface area contributed by atoms with Gasteiger partial charge in [-0.3, -0.25) is 4.79 Å². The number of hydrogen-bond donors (Lipinski definition) is 0. The minimum atomic E-state index is 0.360. The molecule has 0 aromatic carbocycles. The van der Waals surface area contributed by atoms with Crippen LogP contribution in [-0.4, -0.2) is 23.9 Å². The second-order valence-electron chi connectivity index (χ2n) is 4.69. The molecule has 0 saturated heterocycles. The van der Waals surface area contributed by atoms with E-state index in [-0.39, 0.29) is 0 Å². The fourth-order valence-corrected chi connectivity index (χ4v) is 2.15. The van der Waals surface area contributed by atoms with E-state index in [1.807, 2.05) is 0 Å². The number of carbonyl (C=O) groups is 1. The van der Waals surface area contributed by atoms with E-state index in [0.29, 0.717) is 17.7 Å². The lowest BCUT2D eigenvalue weighted by molar-refractivity contribution is -0.138. The average Bonchev–Trinajstić information content (AvgIpc) is 2.17. The van der Waals surface area contributed by atoms with Crippen molar-refractivity contribution in [3.05, 3.63) is 0 Å². The number of carbonyl (C=O) groups excluding carboxylic acids is 1. The molecule has 1 fully saturated rings. The maximum absolute atomic E-state index is 12.0. The highest BCUT2D eigenvalue weighted by Gasteiger charge is 2.29. The summed E-state index contributed by atoms with van der Waals surface area (Å²) in [6.07, 6.45) is 5.87. The van der Waals surface area contributed by atoms with E-state index in [1.54, 1.807) is 0 Å². The zero-order valence-corrected chi connectivity index (χ0v) is 10.5. The van der Waals surface area contributed by atoms with Crippen molar-refractivity contribution in [3.63, 3.8) is 0 Å². The molecule has 0 unspecified atom stereocenters. The Morgan fingerprint density at radius 2 is 1.87 bits per heavy atom. The van der Waals surface area contributed by atoms with Crippen molar-refractivity contribution < 1.29 is 4.79 Å². The van der Waals surface area contributed by atoms with Crippen LogP contribution in [0.4, 0.5) is 0 Å². The first-order chi connectivity index (χ1) is 7.22. The highest BCUT2D eigenvalue weighted by molar-refractivity contribution is 5.79. The minimum Gasteiger partial charge on any atom is -0.342 e. The first kappa shape index (κ1) is 12.5. The normalized spacial score (nSPS) is 16.5. The summed E-state index contributed by atoms with van der Waals surface area (Å²) in [5, 5.41) is 0. The molecule has 0 N–H and O–H groups in total. The van der Waals surface area contributed by atoms with E-state index in [9.17, 15) is 4.79 Å². The predicted molar refractivity (Wildman–Crippen MR) is 63.7 cm³/mol. The lowest BCUT2D eigenvalue weighted by Crippen LogP contribution is -2.41. The lowest BCUT2D eigenvalue weighted by Gasteiger charge is -2.33. The molecule has 1 rings (SSSR count). The van der Waals surface area contributed by atoms with Crippen molar-refractivity contribution in [3.8, 4) is 0 Å². The third-order valence-corrected chi connectivity index (χ3v) is 3.78. The van der Waals surface area contributed by atoms with Gasteiger partial charge in [0, 0.05) is 19.0 Å². The van der Waals surface area contributed by atoms with Crippen molar-refractivity contribution in [2.24, 2.45) is 11.8 Å². The lowest BCUT2D eigenvalue weighted by atomic mass is 9.84. The van der Waals surface area contributed by atoms with E-state index in [0.717, 1.165) is 25.9 Å². The summed E-state index contributed by atoms with van der Waals surface area (Å²) in [6.45, 7) is 8.38. The van der Waals surface area contributed by atoms with E-state index in [1.165, 1.54) is 19.3 Å². The van der Waals surface area contributed by atoms with E-state index >= 15 is 0 Å². The summed E-state index contributed by atoms with van der Waals surface area (Å²) in [5.74, 6) is 1.46. The van der Waals surface area contributed by atoms with Gasteiger partial charge >= 0.3 is 0 Å². The Morgan fingerprint density at radius 1 is 1.27 bits per heavy atom. The van der Waals surface area contributed by atoms with Crippen molar-refractivity contribution in [2.45, 2.75) is 52.9 Å². The van der Waals surface area contributed by atoms with Gasteiger partial charge < -0.3 is 4.90 Å². The van der Waals surface area contributed by atoms with Crippen LogP contribution in [-0.2, 0) is 4.79 Å². The van der Waals surface area contributed by atoms with Crippen molar-refractivity contribution >= 4 is 5.91 Å². The molecule has 0 bridgehead atoms. The van der Waals surface area contributed by atoms with Gasteiger partial charge in [0.2, 0.25) is 5.91 Å². The summed E-state index contributed by atoms with van der Waals surface area (Å²) in [7, 11) is 0. The second kappa shape index (κ2) is 6.14. The van der Waals surface area contributed by atoms with Crippen LogP contribution >= 0.6 is 0 Å². The molecule has 0 spiro atoms. The highest BCUT2D eigenvalue weighted by Crippen LogP contribution is 2.28. The monoisotopic (exact) mass is 211 g/mol. The molecule has 0 atom stereocenters. The van der Waals surface area contributed by atoms with Crippen molar-refractivity contribution in [2.75, 3.05) is 13.1 Å². The Kier molecular flexibility index (Phi) is 5.13. The Bertz CT molecular complexity index is 195. The van der Waals surface area contributed by atoms with Crippen LogP contribution in [0.1, 0.15) is 52.9 Å². The molecule has 0 aromatic heterocycles. The van der Waals surface area contributed by atoms with Gasteiger partial charge in [-0.15, -0.1) is 0 Å². The van der Waals surface area contributed by atoms with Crippen LogP contribution in [0.25, 0.3) is 0 Å². The summed E-state index contributed by atoms with van der Waals surface area (Å²) >= 11 is 0. The van der Waals surface area contributed by atoms with Crippen molar-refractivity contribution in [1.82, 2.24) is 4.90 Å². The summed E-state index contributed by atoms with van der Waals surface area (Å²) in [4.78, 5) is 14.1. The van der Waals surface area contributed by atoms with Gasteiger partial charge in [0.15, 0.2) is 0 Å². The van der Waals surface area contributed by atoms with E-state index < -0.39 is 0 Å². The molecule has 2 heteroatoms. The zero-order valence-electron chi connectivity index (χ0n) is 10.5. The van der Waals surface area contributed by atoms with Crippen molar-refractivity contribution in [1.29, 1.82) is 0 Å². The Balaban J connectivity index is 2.42. The van der Waals surface area contributed by atoms with Crippen LogP contribution in [0.5, 0.6) is 0 Å². The van der Waals surface area contributed by atoms with Gasteiger partial charge in [-0.2, -0.15) is 0 Å². The molecule has 0 heterocycles. The van der Waals surface area contributed by atoms with Crippen LogP contribution in [0, 0.1) is 11.8 Å². The van der Waals surface area contributed by atoms with Crippen LogP contribution < -0.4 is 0 Å². The van der Waals surface area contributed by atoms with E-state index in [4.69, 9.17) is 0 Å². The first-order valence-electron chi connectivity index (χ1n) is 6.51. The third-order valence-electron chi connectivity index (χ3n) is 3.78. The summed E-state index contributed by atoms with van der Waals surface area (Å²) in [5.41, 5.74) is 0. The smallest absolute Gasteiger partial charge is 0.225 e. The SMILES string of the molecule is CCC(CC)CN(CC)C(=O)C1CCC1. The van der Waals surface area contributed by atoms with Crippen LogP contribution in [0.2, 0.25) is 0 Å². The molecule has 0 radical (unpaired) electrons. The van der Waals surface area contributed by atoms with Gasteiger partial charge in [0.05, 0.1) is 0 Å². The molecule has 0 aromatic rings. The van der Waals surface area contributed by atoms with Gasteiger partial charge in [0.1, 0.15) is 0 Å². The fraction of sp³-hybridized carbons (Fsp3) is 0.923. The average molecular weight is 211 g/mol. The second-order valence-corrected chi connectivity index (χ2v) is 4.69. The van der Waals surface area contributed by atoms with Crippen LogP contribution in [0.15, 0.2) is 0 Å². The number of amides is 1. The standard InChI is InChI=1S/C13H25NO/c1-4-11(5-2)10-14(6-3)13(15)12-8-7-9-12/h11-12H,4-10H2,1-3H3. The molecule has 2 nitrogen and oxygen atoms in total.